The zero-order chi connectivity index (χ0) is 16.7. The smallest absolute Gasteiger partial charge is 0.261 e. The molecule has 24 heavy (non-hydrogen) atoms. The van der Waals surface area contributed by atoms with E-state index in [0.717, 1.165) is 54.6 Å². The Labute approximate surface area is 140 Å². The maximum atomic E-state index is 12.9. The summed E-state index contributed by atoms with van der Waals surface area (Å²) in [5.41, 5.74) is 4.40. The molecule has 0 bridgehead atoms. The second-order valence-corrected chi connectivity index (χ2v) is 6.93. The van der Waals surface area contributed by atoms with E-state index in [1.807, 2.05) is 24.1 Å². The van der Waals surface area contributed by atoms with E-state index in [9.17, 15) is 9.59 Å². The monoisotopic (exact) mass is 326 g/mol. The van der Waals surface area contributed by atoms with Gasteiger partial charge in [-0.2, -0.15) is 5.10 Å². The molecule has 1 aliphatic heterocycles. The van der Waals surface area contributed by atoms with E-state index in [1.165, 1.54) is 0 Å². The number of aryl methyl sites for hydroxylation is 3. The number of carbonyl (C=O) groups excluding carboxylic acids is 1. The molecule has 1 saturated heterocycles. The summed E-state index contributed by atoms with van der Waals surface area (Å²) in [6.45, 7) is 3.38. The Morgan fingerprint density at radius 3 is 3.00 bits per heavy atom. The zero-order valence-corrected chi connectivity index (χ0v) is 13.9. The number of likely N-dealkylation sites (tertiary alicyclic amines) is 1. The molecule has 126 valence electrons. The quantitative estimate of drug-likeness (QED) is 0.884. The molecule has 2 N–H and O–H groups in total. The van der Waals surface area contributed by atoms with Gasteiger partial charge in [-0.05, 0) is 56.2 Å². The third kappa shape index (κ3) is 2.56. The number of nitrogens with one attached hydrogen (secondary N) is 2. The van der Waals surface area contributed by atoms with Gasteiger partial charge >= 0.3 is 0 Å². The van der Waals surface area contributed by atoms with Crippen molar-refractivity contribution < 1.29 is 4.79 Å². The summed E-state index contributed by atoms with van der Waals surface area (Å²) in [5.74, 6) is 0.117. The lowest BCUT2D eigenvalue weighted by Crippen LogP contribution is -2.41. The van der Waals surface area contributed by atoms with Gasteiger partial charge in [0.25, 0.3) is 11.5 Å². The molecule has 1 amide bonds. The van der Waals surface area contributed by atoms with Crippen molar-refractivity contribution in [3.63, 3.8) is 0 Å². The summed E-state index contributed by atoms with van der Waals surface area (Å²) < 4.78 is 0. The van der Waals surface area contributed by atoms with E-state index >= 15 is 0 Å². The van der Waals surface area contributed by atoms with Crippen LogP contribution in [0.3, 0.4) is 0 Å². The topological polar surface area (TPSA) is 81.8 Å². The van der Waals surface area contributed by atoms with Crippen LogP contribution in [0, 0.1) is 6.92 Å². The number of hydrogen-bond donors (Lipinski definition) is 2. The van der Waals surface area contributed by atoms with Gasteiger partial charge in [-0.1, -0.05) is 0 Å². The van der Waals surface area contributed by atoms with Crippen LogP contribution in [0.1, 0.15) is 58.1 Å². The van der Waals surface area contributed by atoms with Gasteiger partial charge in [0.1, 0.15) is 5.56 Å². The van der Waals surface area contributed by atoms with Crippen molar-refractivity contribution >= 4 is 5.91 Å². The van der Waals surface area contributed by atoms with E-state index in [0.29, 0.717) is 13.1 Å². The molecule has 2 aliphatic rings. The fraction of sp³-hybridized carbons (Fsp3) is 0.500. The number of hydrogen-bond acceptors (Lipinski definition) is 3. The number of aromatic amines is 2. The molecule has 0 saturated carbocycles. The molecule has 6 nitrogen and oxygen atoms in total. The highest BCUT2D eigenvalue weighted by atomic mass is 16.2. The van der Waals surface area contributed by atoms with Crippen molar-refractivity contribution in [2.24, 2.45) is 0 Å². The normalized spacial score (nSPS) is 20.2. The Balaban J connectivity index is 1.58. The number of aromatic nitrogens is 3. The van der Waals surface area contributed by atoms with Crippen LogP contribution >= 0.6 is 0 Å². The summed E-state index contributed by atoms with van der Waals surface area (Å²) >= 11 is 0. The van der Waals surface area contributed by atoms with E-state index in [2.05, 4.69) is 15.2 Å². The van der Waals surface area contributed by atoms with Crippen molar-refractivity contribution in [1.29, 1.82) is 0 Å². The van der Waals surface area contributed by atoms with Crippen LogP contribution in [-0.4, -0.2) is 39.1 Å². The van der Waals surface area contributed by atoms with Crippen molar-refractivity contribution in [3.8, 4) is 0 Å². The fourth-order valence-corrected chi connectivity index (χ4v) is 4.01. The third-order valence-electron chi connectivity index (χ3n) is 5.30. The molecular weight excluding hydrogens is 304 g/mol. The predicted octanol–water partition coefficient (Wildman–Crippen LogP) is 1.91. The molecule has 0 unspecified atom stereocenters. The Morgan fingerprint density at radius 2 is 2.21 bits per heavy atom. The average Bonchev–Trinajstić information content (AvgIpc) is 3.21. The van der Waals surface area contributed by atoms with Gasteiger partial charge < -0.3 is 9.88 Å². The third-order valence-corrected chi connectivity index (χ3v) is 5.30. The number of nitrogens with zero attached hydrogens (tertiary/aromatic N) is 2. The molecule has 3 heterocycles. The van der Waals surface area contributed by atoms with Crippen molar-refractivity contribution in [2.75, 3.05) is 13.1 Å². The van der Waals surface area contributed by atoms with Crippen LogP contribution in [0.5, 0.6) is 0 Å². The highest BCUT2D eigenvalue weighted by molar-refractivity contribution is 5.94. The van der Waals surface area contributed by atoms with Gasteiger partial charge in [-0.3, -0.25) is 14.7 Å². The molecular formula is C18H22N4O2. The molecule has 2 aromatic heterocycles. The van der Waals surface area contributed by atoms with Crippen LogP contribution in [0.2, 0.25) is 0 Å². The number of carbonyl (C=O) groups is 1. The second-order valence-electron chi connectivity index (χ2n) is 6.93. The summed E-state index contributed by atoms with van der Waals surface area (Å²) in [7, 11) is 0. The lowest BCUT2D eigenvalue weighted by molar-refractivity contribution is 0.0703. The average molecular weight is 326 g/mol. The molecule has 4 rings (SSSR count). The molecule has 1 aliphatic carbocycles. The van der Waals surface area contributed by atoms with Gasteiger partial charge in [0.2, 0.25) is 0 Å². The van der Waals surface area contributed by atoms with Gasteiger partial charge in [0, 0.05) is 30.4 Å². The first-order valence-electron chi connectivity index (χ1n) is 8.67. The molecule has 0 aromatic carbocycles. The molecule has 2 aromatic rings. The SMILES string of the molecule is Cc1cn[nH]c1[C@H]1CCCN(C(=O)c2cc3c([nH]c2=O)CCC3)C1. The van der Waals surface area contributed by atoms with Crippen LogP contribution in [0.15, 0.2) is 17.1 Å². The molecule has 0 spiro atoms. The van der Waals surface area contributed by atoms with Crippen LogP contribution in [0.25, 0.3) is 0 Å². The summed E-state index contributed by atoms with van der Waals surface area (Å²) in [6.07, 6.45) is 6.70. The van der Waals surface area contributed by atoms with Crippen LogP contribution in [0.4, 0.5) is 0 Å². The Hall–Kier alpha value is -2.37. The standard InChI is InChI=1S/C18H22N4O2/c1-11-9-19-21-16(11)13-5-3-7-22(10-13)18(24)14-8-12-4-2-6-15(12)20-17(14)23/h8-9,13H,2-7,10H2,1H3,(H,19,21)(H,20,23)/t13-/m0/s1. The number of piperidine rings is 1. The number of pyridine rings is 1. The summed E-state index contributed by atoms with van der Waals surface area (Å²) in [6, 6.07) is 1.81. The second kappa shape index (κ2) is 5.92. The molecule has 1 atom stereocenters. The highest BCUT2D eigenvalue weighted by Gasteiger charge is 2.29. The first kappa shape index (κ1) is 15.2. The summed E-state index contributed by atoms with van der Waals surface area (Å²) in [4.78, 5) is 29.9. The van der Waals surface area contributed by atoms with Gasteiger partial charge in [-0.25, -0.2) is 0 Å². The minimum atomic E-state index is -0.250. The van der Waals surface area contributed by atoms with E-state index in [4.69, 9.17) is 0 Å². The van der Waals surface area contributed by atoms with Gasteiger partial charge in [0.05, 0.1) is 6.20 Å². The largest absolute Gasteiger partial charge is 0.338 e. The summed E-state index contributed by atoms with van der Waals surface area (Å²) in [5, 5.41) is 7.16. The van der Waals surface area contributed by atoms with Crippen molar-refractivity contribution in [2.45, 2.75) is 44.9 Å². The lowest BCUT2D eigenvalue weighted by atomic mass is 9.92. The van der Waals surface area contributed by atoms with Crippen LogP contribution in [-0.2, 0) is 12.8 Å². The Morgan fingerprint density at radius 1 is 1.33 bits per heavy atom. The van der Waals surface area contributed by atoms with E-state index in [-0.39, 0.29) is 22.9 Å². The number of amides is 1. The number of fused-ring (bicyclic) bond motifs is 1. The predicted molar refractivity (Wildman–Crippen MR) is 90.3 cm³/mol. The first-order chi connectivity index (χ1) is 11.6. The van der Waals surface area contributed by atoms with Gasteiger partial charge in [0.15, 0.2) is 0 Å². The Kier molecular flexibility index (Phi) is 3.75. The van der Waals surface area contributed by atoms with E-state index in [1.54, 1.807) is 0 Å². The molecule has 0 radical (unpaired) electrons. The van der Waals surface area contributed by atoms with E-state index < -0.39 is 0 Å². The molecule has 1 fully saturated rings. The number of H-pyrrole nitrogens is 2. The zero-order valence-electron chi connectivity index (χ0n) is 13.9. The lowest BCUT2D eigenvalue weighted by Gasteiger charge is -2.32. The Bertz CT molecular complexity index is 836. The maximum Gasteiger partial charge on any atom is 0.261 e. The fourth-order valence-electron chi connectivity index (χ4n) is 4.01. The van der Waals surface area contributed by atoms with Gasteiger partial charge in [-0.15, -0.1) is 0 Å². The maximum absolute atomic E-state index is 12.9. The highest BCUT2D eigenvalue weighted by Crippen LogP contribution is 2.28. The minimum absolute atomic E-state index is 0.146. The van der Waals surface area contributed by atoms with Crippen molar-refractivity contribution in [1.82, 2.24) is 20.1 Å². The number of rotatable bonds is 2. The molecule has 6 heteroatoms. The van der Waals surface area contributed by atoms with Crippen LogP contribution < -0.4 is 5.56 Å². The first-order valence-corrected chi connectivity index (χ1v) is 8.67. The minimum Gasteiger partial charge on any atom is -0.338 e. The van der Waals surface area contributed by atoms with Crippen molar-refractivity contribution in [3.05, 3.63) is 50.7 Å².